The minimum Gasteiger partial charge on any atom is -0.380 e. The van der Waals surface area contributed by atoms with E-state index in [0.717, 1.165) is 38.0 Å². The first kappa shape index (κ1) is 16.1. The Balaban J connectivity index is 1.52. The van der Waals surface area contributed by atoms with Gasteiger partial charge in [-0.2, -0.15) is 0 Å². The van der Waals surface area contributed by atoms with E-state index in [-0.39, 0.29) is 10.8 Å². The van der Waals surface area contributed by atoms with Gasteiger partial charge in [-0.3, -0.25) is 4.79 Å². The van der Waals surface area contributed by atoms with E-state index in [1.807, 2.05) is 0 Å². The molecule has 2 heteroatoms. The van der Waals surface area contributed by atoms with Gasteiger partial charge in [0.1, 0.15) is 11.9 Å². The van der Waals surface area contributed by atoms with E-state index in [1.54, 1.807) is 5.57 Å². The molecule has 134 valence electrons. The second-order valence-electron chi connectivity index (χ2n) is 10.0. The smallest absolute Gasteiger partial charge is 0.137 e. The Labute approximate surface area is 151 Å². The normalized spacial score (nSPS) is 51.8. The Hall–Kier alpha value is -1.07. The lowest BCUT2D eigenvalue weighted by molar-refractivity contribution is -0.119. The molecule has 2 nitrogen and oxygen atoms in total. The van der Waals surface area contributed by atoms with Crippen LogP contribution in [0.5, 0.6) is 0 Å². The maximum absolute atomic E-state index is 11.9. The van der Waals surface area contributed by atoms with Gasteiger partial charge >= 0.3 is 0 Å². The first-order valence-electron chi connectivity index (χ1n) is 10.3. The van der Waals surface area contributed by atoms with Crippen molar-refractivity contribution in [2.75, 3.05) is 0 Å². The molecule has 3 saturated carbocycles. The Morgan fingerprint density at radius 1 is 1.36 bits per heavy atom. The van der Waals surface area contributed by atoms with Crippen molar-refractivity contribution in [3.05, 3.63) is 11.1 Å². The number of Topliss-reactive ketones (excluding diaryl/α,β-unsaturated/α-hetero) is 1. The molecule has 0 heterocycles. The summed E-state index contributed by atoms with van der Waals surface area (Å²) in [5.41, 5.74) is 3.38. The summed E-state index contributed by atoms with van der Waals surface area (Å²) in [4.78, 5) is 11.9. The summed E-state index contributed by atoms with van der Waals surface area (Å²) in [6.07, 6.45) is 13.6. The van der Waals surface area contributed by atoms with Crippen LogP contribution in [0.15, 0.2) is 11.1 Å². The summed E-state index contributed by atoms with van der Waals surface area (Å²) >= 11 is 0. The zero-order chi connectivity index (χ0) is 17.6. The highest BCUT2D eigenvalue weighted by atomic mass is 16.3. The number of hydrogen-bond acceptors (Lipinski definition) is 2. The molecular formula is C23H30O2. The molecule has 0 aliphatic heterocycles. The third kappa shape index (κ3) is 1.84. The molecule has 0 spiro atoms. The van der Waals surface area contributed by atoms with Crippen molar-refractivity contribution >= 4 is 5.78 Å². The fraction of sp³-hybridized carbons (Fsp3) is 0.783. The van der Waals surface area contributed by atoms with Crippen LogP contribution in [0.25, 0.3) is 0 Å². The molecular weight excluding hydrogens is 308 g/mol. The van der Waals surface area contributed by atoms with E-state index in [0.29, 0.717) is 29.5 Å². The van der Waals surface area contributed by atoms with Crippen molar-refractivity contribution in [1.82, 2.24) is 0 Å². The van der Waals surface area contributed by atoms with Crippen LogP contribution in [0.4, 0.5) is 0 Å². The summed E-state index contributed by atoms with van der Waals surface area (Å²) in [5, 5.41) is 10.7. The molecule has 0 aromatic heterocycles. The molecule has 5 rings (SSSR count). The van der Waals surface area contributed by atoms with E-state index < -0.39 is 6.10 Å². The molecule has 0 unspecified atom stereocenters. The predicted octanol–water partition coefficient (Wildman–Crippen LogP) is 4.13. The Morgan fingerprint density at radius 3 is 2.92 bits per heavy atom. The fourth-order valence-electron chi connectivity index (χ4n) is 8.24. The zero-order valence-corrected chi connectivity index (χ0v) is 15.6. The first-order chi connectivity index (χ1) is 11.9. The summed E-state index contributed by atoms with van der Waals surface area (Å²) < 4.78 is 0. The Kier molecular flexibility index (Phi) is 3.23. The van der Waals surface area contributed by atoms with Crippen molar-refractivity contribution in [1.29, 1.82) is 0 Å². The van der Waals surface area contributed by atoms with E-state index in [1.165, 1.54) is 24.8 Å². The number of ketones is 1. The highest BCUT2D eigenvalue weighted by Gasteiger charge is 2.76. The number of allylic oxidation sites excluding steroid dienone is 2. The molecule has 8 atom stereocenters. The maximum atomic E-state index is 11.9. The molecule has 1 N–H and O–H groups in total. The highest BCUT2D eigenvalue weighted by molar-refractivity contribution is 5.82. The molecule has 0 amide bonds. The van der Waals surface area contributed by atoms with Gasteiger partial charge in [-0.25, -0.2) is 0 Å². The number of terminal acetylenes is 1. The monoisotopic (exact) mass is 338 g/mol. The van der Waals surface area contributed by atoms with Gasteiger partial charge < -0.3 is 5.11 Å². The quantitative estimate of drug-likeness (QED) is 0.576. The van der Waals surface area contributed by atoms with Crippen LogP contribution in [-0.4, -0.2) is 17.0 Å². The van der Waals surface area contributed by atoms with Crippen LogP contribution in [0, 0.1) is 52.8 Å². The Bertz CT molecular complexity index is 712. The number of carbonyl (C=O) groups excluding carboxylic acids is 1. The lowest BCUT2D eigenvalue weighted by Gasteiger charge is -2.56. The number of fused-ring (bicyclic) bond motifs is 6. The number of aliphatic hydroxyl groups excluding tert-OH is 1. The standard InChI is InChI=1S/C23H30O2/c1-4-20(25)23-12-15(23)11-19-21-13(2)9-14-10-16(24)5-6-17(14)18(21)7-8-22(19,23)3/h1,13,15,18-21,25H,5-12H2,2-3H3/t13-,15-,18-,19-,20+,21-,22+,23+/m1/s1. The van der Waals surface area contributed by atoms with Crippen molar-refractivity contribution in [3.63, 3.8) is 0 Å². The van der Waals surface area contributed by atoms with Gasteiger partial charge in [-0.05, 0) is 73.5 Å². The van der Waals surface area contributed by atoms with E-state index in [9.17, 15) is 9.90 Å². The summed E-state index contributed by atoms with van der Waals surface area (Å²) in [6.45, 7) is 4.86. The van der Waals surface area contributed by atoms with Crippen molar-refractivity contribution in [2.24, 2.45) is 40.4 Å². The molecule has 0 radical (unpaired) electrons. The van der Waals surface area contributed by atoms with Gasteiger partial charge in [-0.1, -0.05) is 30.9 Å². The lowest BCUT2D eigenvalue weighted by atomic mass is 9.49. The Morgan fingerprint density at radius 2 is 2.16 bits per heavy atom. The van der Waals surface area contributed by atoms with Gasteiger partial charge in [0.15, 0.2) is 0 Å². The van der Waals surface area contributed by atoms with Crippen LogP contribution in [-0.2, 0) is 4.79 Å². The summed E-state index contributed by atoms with van der Waals surface area (Å²) in [6, 6.07) is 0. The van der Waals surface area contributed by atoms with Gasteiger partial charge in [-0.15, -0.1) is 6.42 Å². The average molecular weight is 338 g/mol. The topological polar surface area (TPSA) is 37.3 Å². The third-order valence-electron chi connectivity index (χ3n) is 9.33. The minimum absolute atomic E-state index is 0.00823. The minimum atomic E-state index is -0.565. The molecule has 5 aliphatic carbocycles. The molecule has 0 saturated heterocycles. The number of aliphatic hydroxyl groups is 1. The first-order valence-corrected chi connectivity index (χ1v) is 10.3. The second-order valence-corrected chi connectivity index (χ2v) is 10.0. The highest BCUT2D eigenvalue weighted by Crippen LogP contribution is 2.80. The van der Waals surface area contributed by atoms with Crippen LogP contribution in [0.1, 0.15) is 65.2 Å². The molecule has 5 aliphatic rings. The molecule has 0 aromatic carbocycles. The lowest BCUT2D eigenvalue weighted by Crippen LogP contribution is -2.50. The van der Waals surface area contributed by atoms with Crippen LogP contribution < -0.4 is 0 Å². The fourth-order valence-corrected chi connectivity index (χ4v) is 8.24. The van der Waals surface area contributed by atoms with E-state index in [4.69, 9.17) is 6.42 Å². The van der Waals surface area contributed by atoms with E-state index in [2.05, 4.69) is 19.8 Å². The molecule has 0 bridgehead atoms. The van der Waals surface area contributed by atoms with Crippen molar-refractivity contribution in [2.45, 2.75) is 71.3 Å². The van der Waals surface area contributed by atoms with E-state index >= 15 is 0 Å². The SMILES string of the molecule is C#C[C@H](O)[C@]12C[C@H]1C[C@@H]1[C@@H]3[C@H](C)CC4=C(CCC(=O)C4)[C@H]3CC[C@@]12C. The summed E-state index contributed by atoms with van der Waals surface area (Å²) in [7, 11) is 0. The number of carbonyl (C=O) groups is 1. The van der Waals surface area contributed by atoms with Crippen molar-refractivity contribution < 1.29 is 9.90 Å². The summed E-state index contributed by atoms with van der Waals surface area (Å²) in [5.74, 6) is 6.58. The largest absolute Gasteiger partial charge is 0.380 e. The van der Waals surface area contributed by atoms with Crippen LogP contribution in [0.2, 0.25) is 0 Å². The molecule has 25 heavy (non-hydrogen) atoms. The van der Waals surface area contributed by atoms with Gasteiger partial charge in [0.05, 0.1) is 0 Å². The predicted molar refractivity (Wildman–Crippen MR) is 97.5 cm³/mol. The molecule has 0 aromatic rings. The average Bonchev–Trinajstić information content (AvgIpc) is 3.26. The van der Waals surface area contributed by atoms with Crippen LogP contribution >= 0.6 is 0 Å². The third-order valence-corrected chi connectivity index (χ3v) is 9.33. The molecule has 3 fully saturated rings. The second kappa shape index (κ2) is 5.01. The van der Waals surface area contributed by atoms with Gasteiger partial charge in [0.25, 0.3) is 0 Å². The maximum Gasteiger partial charge on any atom is 0.137 e. The number of hydrogen-bond donors (Lipinski definition) is 1. The number of rotatable bonds is 1. The zero-order valence-electron chi connectivity index (χ0n) is 15.6. The van der Waals surface area contributed by atoms with Gasteiger partial charge in [0, 0.05) is 18.3 Å². The van der Waals surface area contributed by atoms with Gasteiger partial charge in [0.2, 0.25) is 0 Å². The van der Waals surface area contributed by atoms with Crippen molar-refractivity contribution in [3.8, 4) is 12.3 Å². The van der Waals surface area contributed by atoms with Crippen LogP contribution in [0.3, 0.4) is 0 Å².